The van der Waals surface area contributed by atoms with Gasteiger partial charge in [0.25, 0.3) is 5.91 Å². The Morgan fingerprint density at radius 2 is 2.21 bits per heavy atom. The van der Waals surface area contributed by atoms with E-state index < -0.39 is 0 Å². The van der Waals surface area contributed by atoms with Crippen molar-refractivity contribution in [1.29, 1.82) is 0 Å². The number of carbonyl (C=O) groups is 1. The summed E-state index contributed by atoms with van der Waals surface area (Å²) in [4.78, 5) is 18.2. The average Bonchev–Trinajstić information content (AvgIpc) is 2.80. The zero-order valence-corrected chi connectivity index (χ0v) is 12.4. The van der Waals surface area contributed by atoms with Crippen LogP contribution in [0.3, 0.4) is 0 Å². The molecule has 1 unspecified atom stereocenters. The lowest BCUT2D eigenvalue weighted by molar-refractivity contribution is 0.0776. The molecule has 0 saturated carbocycles. The summed E-state index contributed by atoms with van der Waals surface area (Å²) in [5, 5.41) is 0.360. The van der Waals surface area contributed by atoms with Crippen molar-refractivity contribution in [2.24, 2.45) is 11.3 Å². The first kappa shape index (κ1) is 14.1. The summed E-state index contributed by atoms with van der Waals surface area (Å²) >= 11 is 6.03. The van der Waals surface area contributed by atoms with Gasteiger partial charge in [0, 0.05) is 19.3 Å². The van der Waals surface area contributed by atoms with Crippen molar-refractivity contribution in [3.8, 4) is 0 Å². The summed E-state index contributed by atoms with van der Waals surface area (Å²) in [5.41, 5.74) is 6.29. The van der Waals surface area contributed by atoms with Gasteiger partial charge in [-0.25, -0.2) is 4.98 Å². The first-order valence-corrected chi connectivity index (χ1v) is 6.87. The van der Waals surface area contributed by atoms with Gasteiger partial charge in [0.15, 0.2) is 0 Å². The summed E-state index contributed by atoms with van der Waals surface area (Å²) < 4.78 is 0. The van der Waals surface area contributed by atoms with E-state index in [2.05, 4.69) is 25.8 Å². The van der Waals surface area contributed by atoms with E-state index in [9.17, 15) is 4.79 Å². The van der Waals surface area contributed by atoms with Crippen LogP contribution < -0.4 is 5.73 Å². The molecule has 2 rings (SSSR count). The number of anilines is 1. The second kappa shape index (κ2) is 5.00. The second-order valence-electron chi connectivity index (χ2n) is 6.19. The Morgan fingerprint density at radius 3 is 2.79 bits per heavy atom. The number of amides is 1. The largest absolute Gasteiger partial charge is 0.384 e. The highest BCUT2D eigenvalue weighted by Gasteiger charge is 2.34. The van der Waals surface area contributed by atoms with Gasteiger partial charge in [0.05, 0.1) is 10.6 Å². The second-order valence-corrected chi connectivity index (χ2v) is 6.60. The topological polar surface area (TPSA) is 59.2 Å². The Balaban J connectivity index is 2.16. The van der Waals surface area contributed by atoms with E-state index in [1.807, 2.05) is 4.90 Å². The fourth-order valence-corrected chi connectivity index (χ4v) is 2.62. The molecule has 1 amide bonds. The Bertz CT molecular complexity index is 496. The fourth-order valence-electron chi connectivity index (χ4n) is 2.44. The monoisotopic (exact) mass is 281 g/mol. The van der Waals surface area contributed by atoms with Crippen molar-refractivity contribution >= 4 is 23.3 Å². The number of halogens is 1. The van der Waals surface area contributed by atoms with Crippen LogP contribution >= 0.6 is 11.6 Å². The minimum absolute atomic E-state index is 0.0501. The van der Waals surface area contributed by atoms with Gasteiger partial charge in [-0.2, -0.15) is 0 Å². The fraction of sp³-hybridized carbons (Fsp3) is 0.571. The molecule has 0 aromatic carbocycles. The lowest BCUT2D eigenvalue weighted by Gasteiger charge is -2.27. The van der Waals surface area contributed by atoms with Crippen LogP contribution in [-0.4, -0.2) is 28.9 Å². The van der Waals surface area contributed by atoms with Crippen LogP contribution in [0.1, 0.15) is 37.6 Å². The summed E-state index contributed by atoms with van der Waals surface area (Å²) in [6.07, 6.45) is 2.47. The molecule has 0 radical (unpaired) electrons. The number of hydrogen-bond acceptors (Lipinski definition) is 3. The van der Waals surface area contributed by atoms with Crippen LogP contribution in [0.15, 0.2) is 12.3 Å². The number of nitrogen functional groups attached to an aromatic ring is 1. The number of nitrogens with zero attached hydrogens (tertiary/aromatic N) is 2. The van der Waals surface area contributed by atoms with Gasteiger partial charge in [-0.1, -0.05) is 32.4 Å². The Kier molecular flexibility index (Phi) is 3.72. The average molecular weight is 282 g/mol. The SMILES string of the molecule is CC(C)(C)C1CCN(C(=O)c2cc(N)ncc2Cl)C1. The summed E-state index contributed by atoms with van der Waals surface area (Å²) in [6, 6.07) is 1.55. The van der Waals surface area contributed by atoms with Crippen LogP contribution in [0.5, 0.6) is 0 Å². The molecule has 1 fully saturated rings. The molecule has 1 aliphatic rings. The molecule has 0 bridgehead atoms. The molecule has 0 aliphatic carbocycles. The highest BCUT2D eigenvalue weighted by atomic mass is 35.5. The molecular weight excluding hydrogens is 262 g/mol. The van der Waals surface area contributed by atoms with E-state index in [0.717, 1.165) is 19.5 Å². The molecular formula is C14H20ClN3O. The van der Waals surface area contributed by atoms with E-state index in [1.54, 1.807) is 6.07 Å². The quantitative estimate of drug-likeness (QED) is 0.861. The standard InChI is InChI=1S/C14H20ClN3O/c1-14(2,3)9-4-5-18(8-9)13(19)10-6-12(16)17-7-11(10)15/h6-7,9H,4-5,8H2,1-3H3,(H2,16,17). The van der Waals surface area contributed by atoms with E-state index in [4.69, 9.17) is 17.3 Å². The number of carbonyl (C=O) groups excluding carboxylic acids is 1. The van der Waals surface area contributed by atoms with Gasteiger partial charge in [-0.15, -0.1) is 0 Å². The molecule has 5 heteroatoms. The van der Waals surface area contributed by atoms with Gasteiger partial charge >= 0.3 is 0 Å². The van der Waals surface area contributed by atoms with Gasteiger partial charge in [-0.05, 0) is 23.8 Å². The molecule has 0 spiro atoms. The molecule has 1 aromatic heterocycles. The molecule has 2 N–H and O–H groups in total. The molecule has 1 aliphatic heterocycles. The normalized spacial score (nSPS) is 19.8. The maximum atomic E-state index is 12.5. The highest BCUT2D eigenvalue weighted by Crippen LogP contribution is 2.34. The predicted octanol–water partition coefficient (Wildman–Crippen LogP) is 2.83. The molecule has 2 heterocycles. The van der Waals surface area contributed by atoms with Crippen LogP contribution in [0.25, 0.3) is 0 Å². The van der Waals surface area contributed by atoms with Crippen molar-refractivity contribution in [1.82, 2.24) is 9.88 Å². The van der Waals surface area contributed by atoms with Gasteiger partial charge < -0.3 is 10.6 Å². The molecule has 1 atom stereocenters. The van der Waals surface area contributed by atoms with Crippen molar-refractivity contribution in [2.45, 2.75) is 27.2 Å². The molecule has 1 aromatic rings. The Morgan fingerprint density at radius 1 is 1.53 bits per heavy atom. The summed E-state index contributed by atoms with van der Waals surface area (Å²) in [5.74, 6) is 0.791. The van der Waals surface area contributed by atoms with E-state index in [-0.39, 0.29) is 11.3 Å². The van der Waals surface area contributed by atoms with Gasteiger partial charge in [0.2, 0.25) is 0 Å². The maximum absolute atomic E-state index is 12.5. The lowest BCUT2D eigenvalue weighted by Crippen LogP contribution is -2.31. The maximum Gasteiger partial charge on any atom is 0.255 e. The Labute approximate surface area is 118 Å². The van der Waals surface area contributed by atoms with Crippen LogP contribution in [-0.2, 0) is 0 Å². The molecule has 1 saturated heterocycles. The van der Waals surface area contributed by atoms with Crippen LogP contribution in [0, 0.1) is 11.3 Å². The summed E-state index contributed by atoms with van der Waals surface area (Å²) in [7, 11) is 0. The number of nitrogens with two attached hydrogens (primary N) is 1. The van der Waals surface area contributed by atoms with E-state index in [0.29, 0.717) is 22.3 Å². The number of pyridine rings is 1. The third-order valence-corrected chi connectivity index (χ3v) is 4.11. The zero-order chi connectivity index (χ0) is 14.2. The predicted molar refractivity (Wildman–Crippen MR) is 77.1 cm³/mol. The molecule has 4 nitrogen and oxygen atoms in total. The smallest absolute Gasteiger partial charge is 0.255 e. The van der Waals surface area contributed by atoms with Gasteiger partial charge in [-0.3, -0.25) is 4.79 Å². The number of aromatic nitrogens is 1. The highest BCUT2D eigenvalue weighted by molar-refractivity contribution is 6.33. The third-order valence-electron chi connectivity index (χ3n) is 3.81. The van der Waals surface area contributed by atoms with Crippen molar-refractivity contribution < 1.29 is 4.79 Å². The number of hydrogen-bond donors (Lipinski definition) is 1. The number of likely N-dealkylation sites (tertiary alicyclic amines) is 1. The Hall–Kier alpha value is -1.29. The van der Waals surface area contributed by atoms with Gasteiger partial charge in [0.1, 0.15) is 5.82 Å². The van der Waals surface area contributed by atoms with E-state index >= 15 is 0 Å². The van der Waals surface area contributed by atoms with Crippen molar-refractivity contribution in [3.63, 3.8) is 0 Å². The first-order valence-electron chi connectivity index (χ1n) is 6.49. The molecule has 19 heavy (non-hydrogen) atoms. The van der Waals surface area contributed by atoms with E-state index in [1.165, 1.54) is 6.20 Å². The number of rotatable bonds is 1. The third kappa shape index (κ3) is 3.00. The minimum atomic E-state index is -0.0501. The summed E-state index contributed by atoms with van der Waals surface area (Å²) in [6.45, 7) is 8.19. The minimum Gasteiger partial charge on any atom is -0.384 e. The lowest BCUT2D eigenvalue weighted by atomic mass is 9.80. The van der Waals surface area contributed by atoms with Crippen molar-refractivity contribution in [3.05, 3.63) is 22.8 Å². The first-order chi connectivity index (χ1) is 8.79. The van der Waals surface area contributed by atoms with Crippen LogP contribution in [0.2, 0.25) is 5.02 Å². The zero-order valence-electron chi connectivity index (χ0n) is 11.6. The molecule has 104 valence electrons. The van der Waals surface area contributed by atoms with Crippen molar-refractivity contribution in [2.75, 3.05) is 18.8 Å². The van der Waals surface area contributed by atoms with Crippen LogP contribution in [0.4, 0.5) is 5.82 Å².